The van der Waals surface area contributed by atoms with Crippen molar-refractivity contribution in [3.63, 3.8) is 0 Å². The van der Waals surface area contributed by atoms with E-state index < -0.39 is 24.2 Å². The van der Waals surface area contributed by atoms with E-state index in [1.54, 1.807) is 60.7 Å². The maximum absolute atomic E-state index is 12.5. The van der Waals surface area contributed by atoms with Gasteiger partial charge in [0.15, 0.2) is 6.10 Å². The number of ether oxygens (including phenoxy) is 2. The van der Waals surface area contributed by atoms with Crippen molar-refractivity contribution in [3.05, 3.63) is 77.9 Å². The maximum atomic E-state index is 12.5. The number of nitrogens with one attached hydrogen (secondary N) is 1. The fraction of sp³-hybridized carbons (Fsp3) is 0.217. The molecule has 30 heavy (non-hydrogen) atoms. The van der Waals surface area contributed by atoms with Crippen LogP contribution in [-0.4, -0.2) is 42.0 Å². The number of phenolic OH excluding ortho intramolecular Hbond substituents is 1. The molecule has 0 aliphatic heterocycles. The number of imide groups is 1. The molecule has 3 N–H and O–H groups in total. The van der Waals surface area contributed by atoms with Crippen molar-refractivity contribution in [2.75, 3.05) is 13.7 Å². The smallest absolute Gasteiger partial charge is 0.414 e. The third kappa shape index (κ3) is 4.76. The molecule has 0 aliphatic carbocycles. The highest BCUT2D eigenvalue weighted by atomic mass is 16.6. The van der Waals surface area contributed by atoms with Crippen LogP contribution in [0.3, 0.4) is 0 Å². The van der Waals surface area contributed by atoms with Gasteiger partial charge in [-0.1, -0.05) is 48.5 Å². The van der Waals surface area contributed by atoms with Gasteiger partial charge in [0.05, 0.1) is 0 Å². The lowest BCUT2D eigenvalue weighted by Gasteiger charge is -2.27. The highest BCUT2D eigenvalue weighted by Crippen LogP contribution is 2.35. The fourth-order valence-electron chi connectivity index (χ4n) is 3.31. The number of amides is 2. The Hall–Kier alpha value is -3.42. The van der Waals surface area contributed by atoms with Gasteiger partial charge in [-0.2, -0.15) is 0 Å². The Morgan fingerprint density at radius 2 is 1.63 bits per heavy atom. The van der Waals surface area contributed by atoms with E-state index >= 15 is 0 Å². The molecule has 0 heterocycles. The average molecular weight is 409 g/mol. The van der Waals surface area contributed by atoms with E-state index in [0.29, 0.717) is 21.9 Å². The summed E-state index contributed by atoms with van der Waals surface area (Å²) in [6, 6.07) is 18.6. The Morgan fingerprint density at radius 1 is 0.967 bits per heavy atom. The second-order valence-electron chi connectivity index (χ2n) is 6.65. The molecule has 156 valence electrons. The number of fused-ring (bicyclic) bond motifs is 1. The average Bonchev–Trinajstić information content (AvgIpc) is 2.77. The maximum Gasteiger partial charge on any atom is 0.414 e. The molecule has 2 atom stereocenters. The van der Waals surface area contributed by atoms with Gasteiger partial charge in [0.25, 0.3) is 5.91 Å². The van der Waals surface area contributed by atoms with Gasteiger partial charge in [-0.3, -0.25) is 10.1 Å². The molecule has 0 radical (unpaired) electrons. The molecule has 7 nitrogen and oxygen atoms in total. The molecule has 3 aromatic carbocycles. The van der Waals surface area contributed by atoms with E-state index in [2.05, 4.69) is 5.32 Å². The van der Waals surface area contributed by atoms with Crippen molar-refractivity contribution >= 4 is 22.8 Å². The summed E-state index contributed by atoms with van der Waals surface area (Å²) in [5.41, 5.74) is 0.908. The topological polar surface area (TPSA) is 105 Å². The third-order valence-electron chi connectivity index (χ3n) is 4.78. The number of aliphatic hydroxyl groups is 1. The summed E-state index contributed by atoms with van der Waals surface area (Å²) < 4.78 is 11.1. The van der Waals surface area contributed by atoms with Gasteiger partial charge in [0.2, 0.25) is 0 Å². The minimum absolute atomic E-state index is 0.0907. The van der Waals surface area contributed by atoms with Crippen molar-refractivity contribution < 1.29 is 29.3 Å². The van der Waals surface area contributed by atoms with E-state index in [9.17, 15) is 19.8 Å². The Bertz CT molecular complexity index is 1020. The number of hydrogen-bond donors (Lipinski definition) is 3. The Labute approximate surface area is 173 Å². The Kier molecular flexibility index (Phi) is 7.00. The molecule has 0 saturated carbocycles. The molecule has 0 unspecified atom stereocenters. The van der Waals surface area contributed by atoms with Gasteiger partial charge >= 0.3 is 6.09 Å². The zero-order valence-electron chi connectivity index (χ0n) is 16.4. The summed E-state index contributed by atoms with van der Waals surface area (Å²) in [6.07, 6.45) is -2.32. The summed E-state index contributed by atoms with van der Waals surface area (Å²) in [4.78, 5) is 24.8. The number of benzene rings is 3. The van der Waals surface area contributed by atoms with Crippen LogP contribution < -0.4 is 5.32 Å². The lowest BCUT2D eigenvalue weighted by molar-refractivity contribution is -0.0331. The van der Waals surface area contributed by atoms with Gasteiger partial charge < -0.3 is 19.7 Å². The predicted octanol–water partition coefficient (Wildman–Crippen LogP) is 3.55. The van der Waals surface area contributed by atoms with Crippen LogP contribution in [0.25, 0.3) is 10.8 Å². The summed E-state index contributed by atoms with van der Waals surface area (Å²) in [6.45, 7) is -0.182. The van der Waals surface area contributed by atoms with Crippen molar-refractivity contribution in [2.45, 2.75) is 18.6 Å². The highest BCUT2D eigenvalue weighted by Gasteiger charge is 2.29. The first-order valence-corrected chi connectivity index (χ1v) is 9.46. The quantitative estimate of drug-likeness (QED) is 0.551. The summed E-state index contributed by atoms with van der Waals surface area (Å²) in [7, 11) is 1.45. The molecule has 0 fully saturated rings. The number of hydrogen-bond acceptors (Lipinski definition) is 6. The first-order chi connectivity index (χ1) is 14.5. The molecule has 0 aliphatic rings. The molecule has 7 heteroatoms. The second-order valence-corrected chi connectivity index (χ2v) is 6.65. The number of alkyl carbamates (subject to hydrolysis) is 1. The number of rotatable bonds is 7. The largest absolute Gasteiger partial charge is 0.507 e. The van der Waals surface area contributed by atoms with Crippen molar-refractivity contribution in [1.29, 1.82) is 0 Å². The summed E-state index contributed by atoms with van der Waals surface area (Å²) >= 11 is 0. The summed E-state index contributed by atoms with van der Waals surface area (Å²) in [5, 5.41) is 23.1. The lowest BCUT2D eigenvalue weighted by Crippen LogP contribution is -2.35. The van der Waals surface area contributed by atoms with Crippen LogP contribution >= 0.6 is 0 Å². The van der Waals surface area contributed by atoms with Crippen LogP contribution in [0.15, 0.2) is 66.7 Å². The molecule has 0 aromatic heterocycles. The molecule has 0 bridgehead atoms. The van der Waals surface area contributed by atoms with Crippen LogP contribution in [0.4, 0.5) is 4.79 Å². The number of carbonyl (C=O) groups excluding carboxylic acids is 2. The lowest BCUT2D eigenvalue weighted by atomic mass is 9.95. The number of aliphatic hydroxyl groups excluding tert-OH is 1. The number of carbonyl (C=O) groups is 2. The van der Waals surface area contributed by atoms with Crippen LogP contribution in [0, 0.1) is 0 Å². The van der Waals surface area contributed by atoms with Gasteiger partial charge in [0, 0.05) is 36.7 Å². The molecule has 0 spiro atoms. The number of aromatic hydroxyl groups is 1. The third-order valence-corrected chi connectivity index (χ3v) is 4.78. The van der Waals surface area contributed by atoms with Gasteiger partial charge in [-0.25, -0.2) is 4.79 Å². The monoisotopic (exact) mass is 409 g/mol. The van der Waals surface area contributed by atoms with Crippen LogP contribution in [0.2, 0.25) is 0 Å². The number of phenols is 1. The van der Waals surface area contributed by atoms with E-state index in [1.807, 2.05) is 0 Å². The van der Waals surface area contributed by atoms with E-state index in [1.165, 1.54) is 13.2 Å². The standard InChI is InChI=1S/C23H23NO6/c1-29-20(13-14-25)21(18-11-12-19(26)17-10-6-5-9-16(17)18)30-23(28)24-22(27)15-7-3-2-4-8-15/h2-12,20-21,25-26H,13-14H2,1H3,(H,24,27,28)/t20-,21-/m0/s1. The molecular weight excluding hydrogens is 386 g/mol. The zero-order chi connectivity index (χ0) is 21.5. The molecule has 3 aromatic rings. The first-order valence-electron chi connectivity index (χ1n) is 9.46. The minimum atomic E-state index is -0.939. The predicted molar refractivity (Wildman–Crippen MR) is 111 cm³/mol. The van der Waals surface area contributed by atoms with Crippen molar-refractivity contribution in [3.8, 4) is 5.75 Å². The molecule has 3 rings (SSSR count). The zero-order valence-corrected chi connectivity index (χ0v) is 16.4. The van der Waals surface area contributed by atoms with E-state index in [0.717, 1.165) is 0 Å². The normalized spacial score (nSPS) is 12.9. The Balaban J connectivity index is 1.91. The Morgan fingerprint density at radius 3 is 2.30 bits per heavy atom. The van der Waals surface area contributed by atoms with Crippen molar-refractivity contribution in [1.82, 2.24) is 5.32 Å². The molecule has 0 saturated heterocycles. The van der Waals surface area contributed by atoms with Gasteiger partial charge in [-0.15, -0.1) is 0 Å². The fourth-order valence-corrected chi connectivity index (χ4v) is 3.31. The van der Waals surface area contributed by atoms with Crippen LogP contribution in [0.5, 0.6) is 5.75 Å². The van der Waals surface area contributed by atoms with Gasteiger partial charge in [0.1, 0.15) is 11.9 Å². The minimum Gasteiger partial charge on any atom is -0.507 e. The van der Waals surface area contributed by atoms with Crippen LogP contribution in [0.1, 0.15) is 28.4 Å². The van der Waals surface area contributed by atoms with E-state index in [4.69, 9.17) is 9.47 Å². The molecule has 2 amide bonds. The first kappa shape index (κ1) is 21.3. The van der Waals surface area contributed by atoms with E-state index in [-0.39, 0.29) is 18.8 Å². The van der Waals surface area contributed by atoms with Crippen molar-refractivity contribution in [2.24, 2.45) is 0 Å². The second kappa shape index (κ2) is 9.87. The van der Waals surface area contributed by atoms with Gasteiger partial charge in [-0.05, 0) is 23.6 Å². The number of methoxy groups -OCH3 is 1. The molecular formula is C23H23NO6. The highest BCUT2D eigenvalue weighted by molar-refractivity contribution is 6.03. The SMILES string of the molecule is CO[C@@H](CCO)[C@@H](OC(=O)NC(=O)c1ccccc1)c1ccc(O)c2ccccc12. The summed E-state index contributed by atoms with van der Waals surface area (Å²) in [5.74, 6) is -0.501. The van der Waals surface area contributed by atoms with Crippen LogP contribution in [-0.2, 0) is 9.47 Å².